The van der Waals surface area contributed by atoms with Crippen LogP contribution in [0.25, 0.3) is 11.3 Å². The molecule has 4 aromatic rings. The lowest BCUT2D eigenvalue weighted by atomic mass is 10.0. The van der Waals surface area contributed by atoms with Gasteiger partial charge in [0.15, 0.2) is 9.90 Å². The maximum atomic E-state index is 13.9. The maximum Gasteiger partial charge on any atom is 0.223 e. The second-order valence-corrected chi connectivity index (χ2v) is 9.51. The van der Waals surface area contributed by atoms with Crippen LogP contribution in [0.3, 0.4) is 0 Å². The Bertz CT molecular complexity index is 1360. The molecule has 2 aromatic carbocycles. The molecule has 0 fully saturated rings. The molecule has 2 aromatic heterocycles. The van der Waals surface area contributed by atoms with Crippen LogP contribution in [0.4, 0.5) is 5.13 Å². The average molecular weight is 503 g/mol. The Morgan fingerprint density at radius 3 is 2.53 bits per heavy atom. The Kier molecular flexibility index (Phi) is 6.53. The molecule has 0 spiro atoms. The zero-order valence-corrected chi connectivity index (χ0v) is 20.5. The molecular formula is C23H20Cl2N4OS2. The zero-order valence-electron chi connectivity index (χ0n) is 17.4. The first-order valence-electron chi connectivity index (χ1n) is 9.94. The summed E-state index contributed by atoms with van der Waals surface area (Å²) in [5.74, 6) is -0.179. The van der Waals surface area contributed by atoms with Gasteiger partial charge in [-0.05, 0) is 43.3 Å². The fourth-order valence-corrected chi connectivity index (χ4v) is 5.21. The highest BCUT2D eigenvalue weighted by Crippen LogP contribution is 2.35. The molecule has 2 heterocycles. The number of hydrogen-bond acceptors (Lipinski definition) is 5. The number of nitrogens with zero attached hydrogens (tertiary/aromatic N) is 2. The molecule has 32 heavy (non-hydrogen) atoms. The number of benzene rings is 2. The number of aromatic nitrogens is 3. The number of rotatable bonds is 6. The number of nitrogens with one attached hydrogen (secondary N) is 1. The summed E-state index contributed by atoms with van der Waals surface area (Å²) >= 11 is 19.3. The fourth-order valence-electron chi connectivity index (χ4n) is 3.80. The van der Waals surface area contributed by atoms with Gasteiger partial charge in [0.2, 0.25) is 5.78 Å². The summed E-state index contributed by atoms with van der Waals surface area (Å²) in [5, 5.41) is 1.27. The number of carbonyl (C=O) groups excluding carboxylic acids is 1. The summed E-state index contributed by atoms with van der Waals surface area (Å²) in [6.07, 6.45) is 0.683. The van der Waals surface area contributed by atoms with Crippen molar-refractivity contribution >= 4 is 57.7 Å². The van der Waals surface area contributed by atoms with E-state index < -0.39 is 0 Å². The molecule has 1 unspecified atom stereocenters. The van der Waals surface area contributed by atoms with Gasteiger partial charge < -0.3 is 15.3 Å². The first-order valence-corrected chi connectivity index (χ1v) is 11.9. The second kappa shape index (κ2) is 9.19. The number of aryl methyl sites for hydroxylation is 1. The number of H-pyrrole nitrogens is 1. The number of halogens is 2. The van der Waals surface area contributed by atoms with Crippen molar-refractivity contribution in [2.45, 2.75) is 26.3 Å². The minimum absolute atomic E-state index is 0.179. The molecule has 0 saturated carbocycles. The van der Waals surface area contributed by atoms with Crippen molar-refractivity contribution in [3.05, 3.63) is 85.2 Å². The standard InChI is InChI=1S/C23H20Cl2N4OS2/c1-3-17(14-9-10-15(24)16(25)11-14)29-19(20(30)21-12(2)27-22(26)32-21)18(28-23(29)31)13-7-5-4-6-8-13/h4-11,17H,3H2,1-2H3,(H2,26,27)(H,28,31). The summed E-state index contributed by atoms with van der Waals surface area (Å²) in [7, 11) is 0. The van der Waals surface area contributed by atoms with Crippen LogP contribution in [-0.4, -0.2) is 20.3 Å². The van der Waals surface area contributed by atoms with Gasteiger partial charge in [-0.25, -0.2) is 4.98 Å². The van der Waals surface area contributed by atoms with Gasteiger partial charge >= 0.3 is 0 Å². The molecule has 3 N–H and O–H groups in total. The predicted molar refractivity (Wildman–Crippen MR) is 135 cm³/mol. The molecule has 0 saturated heterocycles. The number of hydrogen-bond donors (Lipinski definition) is 2. The molecule has 0 aliphatic heterocycles. The third kappa shape index (κ3) is 4.13. The van der Waals surface area contributed by atoms with Gasteiger partial charge in [-0.3, -0.25) is 4.79 Å². The van der Waals surface area contributed by atoms with E-state index in [1.807, 2.05) is 54.0 Å². The van der Waals surface area contributed by atoms with Gasteiger partial charge in [0, 0.05) is 5.56 Å². The van der Waals surface area contributed by atoms with E-state index in [0.717, 1.165) is 11.1 Å². The Morgan fingerprint density at radius 2 is 1.94 bits per heavy atom. The number of nitrogen functional groups attached to an aromatic ring is 1. The lowest BCUT2D eigenvalue weighted by Crippen LogP contribution is -2.17. The first-order chi connectivity index (χ1) is 15.3. The van der Waals surface area contributed by atoms with Crippen molar-refractivity contribution in [2.24, 2.45) is 0 Å². The smallest absolute Gasteiger partial charge is 0.223 e. The van der Waals surface area contributed by atoms with Gasteiger partial charge in [-0.1, -0.05) is 77.9 Å². The molecule has 0 amide bonds. The maximum absolute atomic E-state index is 13.9. The number of carbonyl (C=O) groups is 1. The van der Waals surface area contributed by atoms with Crippen molar-refractivity contribution < 1.29 is 4.79 Å². The Hall–Kier alpha value is -2.45. The van der Waals surface area contributed by atoms with E-state index in [1.54, 1.807) is 13.0 Å². The van der Waals surface area contributed by atoms with Crippen LogP contribution >= 0.6 is 46.8 Å². The Morgan fingerprint density at radius 1 is 1.22 bits per heavy atom. The summed E-state index contributed by atoms with van der Waals surface area (Å²) in [4.78, 5) is 21.9. The van der Waals surface area contributed by atoms with E-state index in [4.69, 9.17) is 41.2 Å². The van der Waals surface area contributed by atoms with Crippen molar-refractivity contribution in [3.8, 4) is 11.3 Å². The SMILES string of the molecule is CCC(c1ccc(Cl)c(Cl)c1)n1c(C(=O)c2sc(N)nc2C)c(-c2ccccc2)[nH]c1=S. The van der Waals surface area contributed by atoms with E-state index in [2.05, 4.69) is 9.97 Å². The predicted octanol–water partition coefficient (Wildman–Crippen LogP) is 7.10. The van der Waals surface area contributed by atoms with Crippen LogP contribution in [0.1, 0.15) is 46.0 Å². The molecular weight excluding hydrogens is 483 g/mol. The van der Waals surface area contributed by atoms with Crippen molar-refractivity contribution in [3.63, 3.8) is 0 Å². The zero-order chi connectivity index (χ0) is 23.0. The largest absolute Gasteiger partial charge is 0.375 e. The molecule has 5 nitrogen and oxygen atoms in total. The highest BCUT2D eigenvalue weighted by molar-refractivity contribution is 7.71. The monoisotopic (exact) mass is 502 g/mol. The molecule has 4 rings (SSSR count). The molecule has 164 valence electrons. The van der Waals surface area contributed by atoms with Crippen molar-refractivity contribution in [1.29, 1.82) is 0 Å². The van der Waals surface area contributed by atoms with Gasteiger partial charge in [0.25, 0.3) is 0 Å². The minimum atomic E-state index is -0.226. The van der Waals surface area contributed by atoms with Crippen molar-refractivity contribution in [1.82, 2.24) is 14.5 Å². The van der Waals surface area contributed by atoms with E-state index in [-0.39, 0.29) is 11.8 Å². The van der Waals surface area contributed by atoms with Gasteiger partial charge in [-0.15, -0.1) is 0 Å². The number of nitrogens with two attached hydrogens (primary N) is 1. The summed E-state index contributed by atoms with van der Waals surface area (Å²) in [6.45, 7) is 3.82. The number of imidazole rings is 1. The van der Waals surface area contributed by atoms with Crippen LogP contribution in [0.2, 0.25) is 10.0 Å². The number of thiazole rings is 1. The highest BCUT2D eigenvalue weighted by atomic mass is 35.5. The lowest BCUT2D eigenvalue weighted by molar-refractivity contribution is 0.103. The number of ketones is 1. The topological polar surface area (TPSA) is 76.7 Å². The van der Waals surface area contributed by atoms with Crippen LogP contribution in [0, 0.1) is 11.7 Å². The highest BCUT2D eigenvalue weighted by Gasteiger charge is 2.29. The lowest BCUT2D eigenvalue weighted by Gasteiger charge is -2.21. The third-order valence-corrected chi connectivity index (χ3v) is 7.28. The quantitative estimate of drug-likeness (QED) is 0.217. The van der Waals surface area contributed by atoms with Crippen LogP contribution in [-0.2, 0) is 0 Å². The van der Waals surface area contributed by atoms with Crippen molar-refractivity contribution in [2.75, 3.05) is 5.73 Å². The molecule has 0 bridgehead atoms. The van der Waals surface area contributed by atoms with Gasteiger partial charge in [0.05, 0.1) is 27.5 Å². The average Bonchev–Trinajstić information content (AvgIpc) is 3.30. The normalized spacial score (nSPS) is 12.1. The number of anilines is 1. The third-order valence-electron chi connectivity index (χ3n) is 5.25. The number of aromatic amines is 1. The van der Waals surface area contributed by atoms with E-state index in [1.165, 1.54) is 11.3 Å². The van der Waals surface area contributed by atoms with E-state index in [9.17, 15) is 4.79 Å². The fraction of sp³-hybridized carbons (Fsp3) is 0.174. The minimum Gasteiger partial charge on any atom is -0.375 e. The van der Waals surface area contributed by atoms with Crippen LogP contribution < -0.4 is 5.73 Å². The summed E-state index contributed by atoms with van der Waals surface area (Å²) in [5.41, 5.74) is 9.37. The van der Waals surface area contributed by atoms with E-state index in [0.29, 0.717) is 48.3 Å². The second-order valence-electron chi connectivity index (χ2n) is 7.28. The van der Waals surface area contributed by atoms with Gasteiger partial charge in [0.1, 0.15) is 10.6 Å². The first kappa shape index (κ1) is 22.7. The van der Waals surface area contributed by atoms with Crippen LogP contribution in [0.15, 0.2) is 48.5 Å². The Labute approximate surface area is 204 Å². The molecule has 1 atom stereocenters. The molecule has 0 radical (unpaired) electrons. The van der Waals surface area contributed by atoms with E-state index >= 15 is 0 Å². The molecule has 0 aliphatic carbocycles. The van der Waals surface area contributed by atoms with Gasteiger partial charge in [-0.2, -0.15) is 0 Å². The molecule has 9 heteroatoms. The summed E-state index contributed by atoms with van der Waals surface area (Å²) < 4.78 is 2.31. The summed E-state index contributed by atoms with van der Waals surface area (Å²) in [6, 6.07) is 14.9. The Balaban J connectivity index is 1.99. The van der Waals surface area contributed by atoms with Crippen LogP contribution in [0.5, 0.6) is 0 Å². The molecule has 0 aliphatic rings.